The second kappa shape index (κ2) is 4.47. The van der Waals surface area contributed by atoms with E-state index in [1.165, 1.54) is 0 Å². The van der Waals surface area contributed by atoms with Crippen molar-refractivity contribution in [1.82, 2.24) is 0 Å². The van der Waals surface area contributed by atoms with Gasteiger partial charge in [0.1, 0.15) is 5.75 Å². The van der Waals surface area contributed by atoms with Gasteiger partial charge in [0, 0.05) is 12.5 Å². The Labute approximate surface area is 85.2 Å². The minimum atomic E-state index is -0.00351. The molecule has 1 unspecified atom stereocenters. The van der Waals surface area contributed by atoms with Crippen LogP contribution in [0.1, 0.15) is 43.7 Å². The normalized spacial score (nSPS) is 13.2. The summed E-state index contributed by atoms with van der Waals surface area (Å²) in [4.78, 5) is 0. The largest absolute Gasteiger partial charge is 0.508 e. The number of benzene rings is 1. The van der Waals surface area contributed by atoms with Crippen molar-refractivity contribution in [2.75, 3.05) is 6.61 Å². The van der Waals surface area contributed by atoms with E-state index in [9.17, 15) is 5.11 Å². The Balaban J connectivity index is 3.01. The van der Waals surface area contributed by atoms with Crippen LogP contribution in [0.3, 0.4) is 0 Å². The van der Waals surface area contributed by atoms with Gasteiger partial charge in [-0.15, -0.1) is 0 Å². The van der Waals surface area contributed by atoms with Gasteiger partial charge in [0.25, 0.3) is 0 Å². The van der Waals surface area contributed by atoms with E-state index >= 15 is 0 Å². The zero-order valence-corrected chi connectivity index (χ0v) is 8.99. The molecule has 0 aliphatic heterocycles. The van der Waals surface area contributed by atoms with E-state index in [2.05, 4.69) is 13.8 Å². The zero-order chi connectivity index (χ0) is 10.7. The van der Waals surface area contributed by atoms with E-state index < -0.39 is 0 Å². The van der Waals surface area contributed by atoms with Gasteiger partial charge in [-0.2, -0.15) is 0 Å². The van der Waals surface area contributed by atoms with E-state index in [0.717, 1.165) is 11.1 Å². The molecule has 0 bridgehead atoms. The Morgan fingerprint density at radius 2 is 1.86 bits per heavy atom. The molecule has 1 aromatic carbocycles. The summed E-state index contributed by atoms with van der Waals surface area (Å²) in [6.45, 7) is 6.13. The van der Waals surface area contributed by atoms with Crippen LogP contribution >= 0.6 is 0 Å². The SMILES string of the molecule is CC(C)c1ccc(C(C)CO)c(O)c1. The molecule has 1 aromatic rings. The lowest BCUT2D eigenvalue weighted by Crippen LogP contribution is -2.00. The fourth-order valence-corrected chi connectivity index (χ4v) is 1.43. The molecule has 2 nitrogen and oxygen atoms in total. The molecule has 2 heteroatoms. The van der Waals surface area contributed by atoms with Crippen molar-refractivity contribution in [3.05, 3.63) is 29.3 Å². The van der Waals surface area contributed by atoms with Crippen molar-refractivity contribution in [3.8, 4) is 5.75 Å². The first-order valence-electron chi connectivity index (χ1n) is 5.00. The predicted molar refractivity (Wildman–Crippen MR) is 57.7 cm³/mol. The standard InChI is InChI=1S/C12H18O2/c1-8(2)10-4-5-11(9(3)7-13)12(14)6-10/h4-6,8-9,13-14H,7H2,1-3H3. The van der Waals surface area contributed by atoms with Gasteiger partial charge in [-0.25, -0.2) is 0 Å². The summed E-state index contributed by atoms with van der Waals surface area (Å²) in [7, 11) is 0. The van der Waals surface area contributed by atoms with Gasteiger partial charge >= 0.3 is 0 Å². The third-order valence-corrected chi connectivity index (χ3v) is 2.53. The number of rotatable bonds is 3. The molecule has 0 aliphatic rings. The average molecular weight is 194 g/mol. The lowest BCUT2D eigenvalue weighted by atomic mass is 9.96. The van der Waals surface area contributed by atoms with Crippen molar-refractivity contribution in [2.24, 2.45) is 0 Å². The summed E-state index contributed by atoms with van der Waals surface area (Å²) in [6, 6.07) is 5.68. The van der Waals surface area contributed by atoms with Crippen molar-refractivity contribution >= 4 is 0 Å². The van der Waals surface area contributed by atoms with Crippen LogP contribution in [-0.2, 0) is 0 Å². The first-order chi connectivity index (χ1) is 6.56. The molecule has 0 aromatic heterocycles. The molecular formula is C12H18O2. The Morgan fingerprint density at radius 1 is 1.21 bits per heavy atom. The second-order valence-electron chi connectivity index (χ2n) is 4.06. The maximum atomic E-state index is 9.73. The molecule has 0 saturated carbocycles. The van der Waals surface area contributed by atoms with Gasteiger partial charge in [0.15, 0.2) is 0 Å². The van der Waals surface area contributed by atoms with Gasteiger partial charge in [0.2, 0.25) is 0 Å². The number of phenols is 1. The Hall–Kier alpha value is -1.02. The molecule has 78 valence electrons. The first-order valence-corrected chi connectivity index (χ1v) is 5.00. The highest BCUT2D eigenvalue weighted by Crippen LogP contribution is 2.28. The number of phenolic OH excluding ortho intramolecular Hbond substituents is 1. The second-order valence-corrected chi connectivity index (χ2v) is 4.06. The van der Waals surface area contributed by atoms with E-state index in [-0.39, 0.29) is 18.3 Å². The highest BCUT2D eigenvalue weighted by atomic mass is 16.3. The van der Waals surface area contributed by atoms with Crippen LogP contribution in [0, 0.1) is 0 Å². The van der Waals surface area contributed by atoms with E-state index in [4.69, 9.17) is 5.11 Å². The van der Waals surface area contributed by atoms with Crippen LogP contribution in [0.25, 0.3) is 0 Å². The summed E-state index contributed by atoms with van der Waals surface area (Å²) in [5, 5.41) is 18.7. The van der Waals surface area contributed by atoms with Crippen molar-refractivity contribution in [1.29, 1.82) is 0 Å². The molecule has 0 fully saturated rings. The third-order valence-electron chi connectivity index (χ3n) is 2.53. The highest BCUT2D eigenvalue weighted by Gasteiger charge is 2.10. The monoisotopic (exact) mass is 194 g/mol. The molecule has 1 atom stereocenters. The summed E-state index contributed by atoms with van der Waals surface area (Å²) < 4.78 is 0. The predicted octanol–water partition coefficient (Wildman–Crippen LogP) is 2.61. The Morgan fingerprint density at radius 3 is 2.29 bits per heavy atom. The van der Waals surface area contributed by atoms with Crippen molar-refractivity contribution in [3.63, 3.8) is 0 Å². The Kier molecular flexibility index (Phi) is 3.53. The van der Waals surface area contributed by atoms with Gasteiger partial charge in [-0.3, -0.25) is 0 Å². The topological polar surface area (TPSA) is 40.5 Å². The number of aliphatic hydroxyl groups excluding tert-OH is 1. The number of hydrogen-bond acceptors (Lipinski definition) is 2. The highest BCUT2D eigenvalue weighted by molar-refractivity contribution is 5.39. The minimum Gasteiger partial charge on any atom is -0.508 e. The molecule has 0 saturated heterocycles. The fraction of sp³-hybridized carbons (Fsp3) is 0.500. The van der Waals surface area contributed by atoms with Gasteiger partial charge < -0.3 is 10.2 Å². The smallest absolute Gasteiger partial charge is 0.119 e. The van der Waals surface area contributed by atoms with E-state index in [1.807, 2.05) is 19.1 Å². The van der Waals surface area contributed by atoms with E-state index in [0.29, 0.717) is 5.92 Å². The van der Waals surface area contributed by atoms with Crippen molar-refractivity contribution in [2.45, 2.75) is 32.6 Å². The minimum absolute atomic E-state index is 0.00351. The molecule has 0 spiro atoms. The van der Waals surface area contributed by atoms with Crippen LogP contribution in [-0.4, -0.2) is 16.8 Å². The quantitative estimate of drug-likeness (QED) is 0.776. The van der Waals surface area contributed by atoms with Gasteiger partial charge in [-0.1, -0.05) is 32.9 Å². The lowest BCUT2D eigenvalue weighted by molar-refractivity contribution is 0.270. The van der Waals surface area contributed by atoms with Crippen LogP contribution in [0.2, 0.25) is 0 Å². The summed E-state index contributed by atoms with van der Waals surface area (Å²) >= 11 is 0. The maximum Gasteiger partial charge on any atom is 0.119 e. The number of aromatic hydroxyl groups is 1. The lowest BCUT2D eigenvalue weighted by Gasteiger charge is -2.13. The summed E-state index contributed by atoms with van der Waals surface area (Å²) in [6.07, 6.45) is 0. The zero-order valence-electron chi connectivity index (χ0n) is 8.99. The van der Waals surface area contributed by atoms with Crippen LogP contribution in [0.15, 0.2) is 18.2 Å². The van der Waals surface area contributed by atoms with Gasteiger partial charge in [-0.05, 0) is 23.1 Å². The number of aliphatic hydroxyl groups is 1. The molecule has 0 amide bonds. The van der Waals surface area contributed by atoms with Crippen LogP contribution in [0.4, 0.5) is 0 Å². The maximum absolute atomic E-state index is 9.73. The first kappa shape index (κ1) is 11.1. The molecular weight excluding hydrogens is 176 g/mol. The van der Waals surface area contributed by atoms with Crippen LogP contribution < -0.4 is 0 Å². The van der Waals surface area contributed by atoms with E-state index in [1.54, 1.807) is 6.07 Å². The summed E-state index contributed by atoms with van der Waals surface area (Å²) in [5.41, 5.74) is 1.94. The van der Waals surface area contributed by atoms with Gasteiger partial charge in [0.05, 0.1) is 0 Å². The molecule has 0 heterocycles. The third kappa shape index (κ3) is 2.26. The fourth-order valence-electron chi connectivity index (χ4n) is 1.43. The molecule has 1 rings (SSSR count). The molecule has 0 radical (unpaired) electrons. The summed E-state index contributed by atoms with van der Waals surface area (Å²) in [5.74, 6) is 0.702. The van der Waals surface area contributed by atoms with Crippen molar-refractivity contribution < 1.29 is 10.2 Å². The average Bonchev–Trinajstić information content (AvgIpc) is 2.16. The molecule has 0 aliphatic carbocycles. The van der Waals surface area contributed by atoms with Crippen LogP contribution in [0.5, 0.6) is 5.75 Å². The Bertz CT molecular complexity index is 305. The molecule has 2 N–H and O–H groups in total. The molecule has 14 heavy (non-hydrogen) atoms. The number of hydrogen-bond donors (Lipinski definition) is 2.